The minimum absolute atomic E-state index is 0.0909. The molecule has 2 aromatic heterocycles. The van der Waals surface area contributed by atoms with Crippen LogP contribution in [0.25, 0.3) is 16.9 Å². The van der Waals surface area contributed by atoms with Crippen LogP contribution in [0.15, 0.2) is 78.2 Å². The number of carbonyl (C=O) groups is 1. The molecule has 0 saturated heterocycles. The first kappa shape index (κ1) is 16.3. The van der Waals surface area contributed by atoms with E-state index in [1.807, 2.05) is 66.7 Å². The molecule has 4 rings (SSSR count). The van der Waals surface area contributed by atoms with Crippen molar-refractivity contribution in [3.63, 3.8) is 0 Å². The molecule has 0 aliphatic heterocycles. The largest absolute Gasteiger partial charge is 0.325 e. The summed E-state index contributed by atoms with van der Waals surface area (Å²) in [6, 6.07) is 21.2. The average molecular weight is 361 g/mol. The molecule has 0 atom stereocenters. The number of aromatic nitrogens is 4. The minimum Gasteiger partial charge on any atom is -0.325 e. The number of carbonyl (C=O) groups excluding carboxylic acids is 1. The summed E-state index contributed by atoms with van der Waals surface area (Å²) >= 11 is 1.32. The summed E-state index contributed by atoms with van der Waals surface area (Å²) in [5.41, 5.74) is 3.33. The Kier molecular flexibility index (Phi) is 4.61. The molecule has 0 saturated carbocycles. The zero-order valence-electron chi connectivity index (χ0n) is 13.7. The van der Waals surface area contributed by atoms with Crippen LogP contribution >= 0.6 is 11.8 Å². The van der Waals surface area contributed by atoms with Gasteiger partial charge in [-0.2, -0.15) is 0 Å². The van der Waals surface area contributed by atoms with Crippen LogP contribution in [0.4, 0.5) is 5.69 Å². The van der Waals surface area contributed by atoms with Crippen molar-refractivity contribution in [2.45, 2.75) is 5.16 Å². The number of anilines is 1. The standard InChI is InChI=1S/C19H15N5OS/c25-18(21-15-9-5-2-6-10-15)12-26-19-23-22-17-11-16(20-13-24(17)19)14-7-3-1-4-8-14/h1-11,13H,12H2,(H,21,25). The molecule has 0 fully saturated rings. The van der Waals surface area contributed by atoms with E-state index in [0.29, 0.717) is 10.8 Å². The molecular formula is C19H15N5OS. The topological polar surface area (TPSA) is 72.2 Å². The number of hydrogen-bond acceptors (Lipinski definition) is 5. The van der Waals surface area contributed by atoms with Crippen molar-refractivity contribution in [3.8, 4) is 11.3 Å². The highest BCUT2D eigenvalue weighted by Gasteiger charge is 2.11. The molecule has 6 nitrogen and oxygen atoms in total. The van der Waals surface area contributed by atoms with Crippen LogP contribution < -0.4 is 5.32 Å². The van der Waals surface area contributed by atoms with E-state index in [0.717, 1.165) is 16.9 Å². The van der Waals surface area contributed by atoms with Gasteiger partial charge >= 0.3 is 0 Å². The second-order valence-electron chi connectivity index (χ2n) is 5.55. The van der Waals surface area contributed by atoms with Crippen LogP contribution in [0.1, 0.15) is 0 Å². The third-order valence-electron chi connectivity index (χ3n) is 3.73. The fraction of sp³-hybridized carbons (Fsp3) is 0.0526. The summed E-state index contributed by atoms with van der Waals surface area (Å²) in [6.07, 6.45) is 1.69. The van der Waals surface area contributed by atoms with E-state index in [9.17, 15) is 4.79 Å². The summed E-state index contributed by atoms with van der Waals surface area (Å²) in [5, 5.41) is 11.8. The lowest BCUT2D eigenvalue weighted by atomic mass is 10.1. The zero-order chi connectivity index (χ0) is 17.8. The van der Waals surface area contributed by atoms with Gasteiger partial charge in [0.05, 0.1) is 11.4 Å². The van der Waals surface area contributed by atoms with Gasteiger partial charge in [-0.1, -0.05) is 60.3 Å². The Morgan fingerprint density at radius 2 is 1.73 bits per heavy atom. The van der Waals surface area contributed by atoms with Gasteiger partial charge in [0.25, 0.3) is 0 Å². The van der Waals surface area contributed by atoms with E-state index in [4.69, 9.17) is 0 Å². The van der Waals surface area contributed by atoms with Crippen molar-refractivity contribution in [2.24, 2.45) is 0 Å². The van der Waals surface area contributed by atoms with E-state index in [1.165, 1.54) is 11.8 Å². The summed E-state index contributed by atoms with van der Waals surface area (Å²) < 4.78 is 1.78. The second kappa shape index (κ2) is 7.37. The zero-order valence-corrected chi connectivity index (χ0v) is 14.6. The van der Waals surface area contributed by atoms with Crippen LogP contribution in [0.3, 0.4) is 0 Å². The van der Waals surface area contributed by atoms with E-state index in [2.05, 4.69) is 20.5 Å². The Balaban J connectivity index is 1.47. The molecule has 0 spiro atoms. The molecule has 0 aliphatic carbocycles. The molecule has 0 bridgehead atoms. The monoisotopic (exact) mass is 361 g/mol. The number of benzene rings is 2. The highest BCUT2D eigenvalue weighted by Crippen LogP contribution is 2.21. The fourth-order valence-corrected chi connectivity index (χ4v) is 3.20. The summed E-state index contributed by atoms with van der Waals surface area (Å²) in [5.74, 6) is 0.155. The predicted molar refractivity (Wildman–Crippen MR) is 102 cm³/mol. The van der Waals surface area contributed by atoms with Crippen LogP contribution in [0.2, 0.25) is 0 Å². The number of rotatable bonds is 5. The smallest absolute Gasteiger partial charge is 0.234 e. The molecule has 2 aromatic carbocycles. The molecule has 1 amide bonds. The Morgan fingerprint density at radius 1 is 1.00 bits per heavy atom. The van der Waals surface area contributed by atoms with Crippen LogP contribution in [-0.2, 0) is 4.79 Å². The summed E-state index contributed by atoms with van der Waals surface area (Å²) in [4.78, 5) is 16.6. The molecule has 7 heteroatoms. The minimum atomic E-state index is -0.0909. The Bertz CT molecular complexity index is 1030. The summed E-state index contributed by atoms with van der Waals surface area (Å²) in [7, 11) is 0. The van der Waals surface area contributed by atoms with Crippen molar-refractivity contribution < 1.29 is 4.79 Å². The average Bonchev–Trinajstić information content (AvgIpc) is 3.10. The maximum absolute atomic E-state index is 12.1. The first-order chi connectivity index (χ1) is 12.8. The molecule has 0 aliphatic rings. The fourth-order valence-electron chi connectivity index (χ4n) is 2.49. The highest BCUT2D eigenvalue weighted by molar-refractivity contribution is 7.99. The lowest BCUT2D eigenvalue weighted by molar-refractivity contribution is -0.113. The third-order valence-corrected chi connectivity index (χ3v) is 4.67. The number of amides is 1. The number of hydrogen-bond donors (Lipinski definition) is 1. The number of para-hydroxylation sites is 1. The van der Waals surface area contributed by atoms with E-state index in [1.54, 1.807) is 10.7 Å². The van der Waals surface area contributed by atoms with Gasteiger partial charge in [-0.3, -0.25) is 9.20 Å². The van der Waals surface area contributed by atoms with E-state index < -0.39 is 0 Å². The molecular weight excluding hydrogens is 346 g/mol. The van der Waals surface area contributed by atoms with Crippen molar-refractivity contribution in [3.05, 3.63) is 73.1 Å². The Labute approximate surface area is 154 Å². The normalized spacial score (nSPS) is 10.8. The number of nitrogens with one attached hydrogen (secondary N) is 1. The highest BCUT2D eigenvalue weighted by atomic mass is 32.2. The van der Waals surface area contributed by atoms with Gasteiger partial charge in [-0.25, -0.2) is 4.98 Å². The van der Waals surface area contributed by atoms with Gasteiger partial charge in [-0.05, 0) is 12.1 Å². The molecule has 2 heterocycles. The maximum atomic E-state index is 12.1. The van der Waals surface area contributed by atoms with Gasteiger partial charge < -0.3 is 5.32 Å². The van der Waals surface area contributed by atoms with E-state index in [-0.39, 0.29) is 11.7 Å². The molecule has 128 valence electrons. The number of nitrogens with zero attached hydrogens (tertiary/aromatic N) is 4. The van der Waals surface area contributed by atoms with Gasteiger partial charge in [0.2, 0.25) is 5.91 Å². The first-order valence-corrected chi connectivity index (χ1v) is 9.02. The lowest BCUT2D eigenvalue weighted by Gasteiger charge is -2.04. The second-order valence-corrected chi connectivity index (χ2v) is 6.50. The molecule has 4 aromatic rings. The lowest BCUT2D eigenvalue weighted by Crippen LogP contribution is -2.14. The van der Waals surface area contributed by atoms with Crippen molar-refractivity contribution in [2.75, 3.05) is 11.1 Å². The van der Waals surface area contributed by atoms with Gasteiger partial charge in [0, 0.05) is 17.3 Å². The van der Waals surface area contributed by atoms with Crippen LogP contribution in [0, 0.1) is 0 Å². The van der Waals surface area contributed by atoms with E-state index >= 15 is 0 Å². The van der Waals surface area contributed by atoms with Crippen LogP contribution in [-0.4, -0.2) is 31.2 Å². The number of fused-ring (bicyclic) bond motifs is 1. The molecule has 1 N–H and O–H groups in total. The van der Waals surface area contributed by atoms with Crippen LogP contribution in [0.5, 0.6) is 0 Å². The first-order valence-electron chi connectivity index (χ1n) is 8.03. The predicted octanol–water partition coefficient (Wildman–Crippen LogP) is 3.52. The quantitative estimate of drug-likeness (QED) is 0.551. The summed E-state index contributed by atoms with van der Waals surface area (Å²) in [6.45, 7) is 0. The molecule has 0 unspecified atom stereocenters. The third kappa shape index (κ3) is 3.57. The Morgan fingerprint density at radius 3 is 2.50 bits per heavy atom. The maximum Gasteiger partial charge on any atom is 0.234 e. The van der Waals surface area contributed by atoms with Crippen molar-refractivity contribution in [1.29, 1.82) is 0 Å². The molecule has 0 radical (unpaired) electrons. The Hall–Kier alpha value is -3.19. The van der Waals surface area contributed by atoms with Gasteiger partial charge in [0.1, 0.15) is 6.33 Å². The van der Waals surface area contributed by atoms with Gasteiger partial charge in [0.15, 0.2) is 10.8 Å². The van der Waals surface area contributed by atoms with Gasteiger partial charge in [-0.15, -0.1) is 10.2 Å². The number of thioether (sulfide) groups is 1. The van der Waals surface area contributed by atoms with Crippen molar-refractivity contribution >= 4 is 29.0 Å². The SMILES string of the molecule is O=C(CSc1nnc2cc(-c3ccccc3)ncn12)Nc1ccccc1. The molecule has 26 heavy (non-hydrogen) atoms. The van der Waals surface area contributed by atoms with Crippen molar-refractivity contribution in [1.82, 2.24) is 19.6 Å².